The van der Waals surface area contributed by atoms with E-state index in [0.717, 1.165) is 11.5 Å². The van der Waals surface area contributed by atoms with Crippen LogP contribution in [0.4, 0.5) is 0 Å². The Kier molecular flexibility index (Phi) is 4.05. The van der Waals surface area contributed by atoms with Crippen molar-refractivity contribution in [1.29, 1.82) is 0 Å². The van der Waals surface area contributed by atoms with Gasteiger partial charge in [0.1, 0.15) is 11.5 Å². The van der Waals surface area contributed by atoms with Crippen LogP contribution in [0.25, 0.3) is 0 Å². The van der Waals surface area contributed by atoms with Gasteiger partial charge in [0, 0.05) is 22.1 Å². The summed E-state index contributed by atoms with van der Waals surface area (Å²) < 4.78 is 11.3. The number of aromatic nitrogens is 1. The fourth-order valence-electron chi connectivity index (χ4n) is 3.58. The number of amides is 1. The lowest BCUT2D eigenvalue weighted by Gasteiger charge is -2.31. The van der Waals surface area contributed by atoms with Gasteiger partial charge in [-0.15, -0.1) is 0 Å². The first kappa shape index (κ1) is 17.4. The Labute approximate surface area is 146 Å². The van der Waals surface area contributed by atoms with Crippen LogP contribution < -0.4 is 14.8 Å². The summed E-state index contributed by atoms with van der Waals surface area (Å²) in [6.07, 6.45) is 1.96. The summed E-state index contributed by atoms with van der Waals surface area (Å²) >= 11 is 0. The molecule has 0 spiro atoms. The highest BCUT2D eigenvalue weighted by Gasteiger charge is 2.49. The van der Waals surface area contributed by atoms with E-state index in [-0.39, 0.29) is 34.7 Å². The van der Waals surface area contributed by atoms with E-state index >= 15 is 0 Å². The maximum Gasteiger partial charge on any atom is 0.366 e. The Bertz CT molecular complexity index is 756. The molecule has 0 aromatic carbocycles. The predicted molar refractivity (Wildman–Crippen MR) is 88.1 cm³/mol. The lowest BCUT2D eigenvalue weighted by atomic mass is 9.81. The molecule has 0 saturated carbocycles. The number of methoxy groups -OCH3 is 1. The van der Waals surface area contributed by atoms with Gasteiger partial charge in [-0.2, -0.15) is 0 Å². The van der Waals surface area contributed by atoms with Crippen molar-refractivity contribution >= 4 is 5.91 Å². The van der Waals surface area contributed by atoms with Crippen molar-refractivity contribution < 1.29 is 29.3 Å². The zero-order chi connectivity index (χ0) is 18.5. The molecule has 25 heavy (non-hydrogen) atoms. The number of allylic oxidation sites excluding steroid dienone is 2. The van der Waals surface area contributed by atoms with E-state index in [1.807, 2.05) is 0 Å². The average molecular weight is 349 g/mol. The van der Waals surface area contributed by atoms with E-state index < -0.39 is 11.7 Å². The molecule has 0 radical (unpaired) electrons. The first-order valence-electron chi connectivity index (χ1n) is 8.41. The van der Waals surface area contributed by atoms with E-state index in [0.29, 0.717) is 11.2 Å². The smallest absolute Gasteiger partial charge is 0.366 e. The number of rotatable bonds is 3. The zero-order valence-corrected chi connectivity index (χ0v) is 15.2. The number of carbonyl (C=O) groups is 1. The van der Waals surface area contributed by atoms with E-state index in [1.165, 1.54) is 19.4 Å². The molecule has 7 nitrogen and oxygen atoms in total. The van der Waals surface area contributed by atoms with E-state index in [9.17, 15) is 15.1 Å². The largest absolute Gasteiger partial charge is 0.499 e. The van der Waals surface area contributed by atoms with Crippen LogP contribution in [0.1, 0.15) is 44.6 Å². The quantitative estimate of drug-likeness (QED) is 0.573. The minimum Gasteiger partial charge on any atom is -0.499 e. The van der Waals surface area contributed by atoms with E-state index in [4.69, 9.17) is 9.47 Å². The van der Waals surface area contributed by atoms with Crippen molar-refractivity contribution in [2.45, 2.75) is 40.2 Å². The minimum atomic E-state index is -0.551. The molecule has 1 unspecified atom stereocenters. The van der Waals surface area contributed by atoms with Crippen molar-refractivity contribution in [2.24, 2.45) is 17.3 Å². The van der Waals surface area contributed by atoms with Gasteiger partial charge in [0.05, 0.1) is 13.2 Å². The molecule has 1 amide bonds. The van der Waals surface area contributed by atoms with Crippen molar-refractivity contribution in [3.8, 4) is 11.5 Å². The topological polar surface area (TPSA) is 95.2 Å². The van der Waals surface area contributed by atoms with Crippen LogP contribution in [0.15, 0.2) is 23.8 Å². The van der Waals surface area contributed by atoms with Crippen molar-refractivity contribution in [3.05, 3.63) is 29.5 Å². The number of hydrogen-bond acceptors (Lipinski definition) is 5. The lowest BCUT2D eigenvalue weighted by Crippen LogP contribution is -2.48. The lowest BCUT2D eigenvalue weighted by molar-refractivity contribution is -0.906. The molecule has 0 bridgehead atoms. The van der Waals surface area contributed by atoms with Crippen LogP contribution in [-0.4, -0.2) is 29.4 Å². The van der Waals surface area contributed by atoms with Gasteiger partial charge < -0.3 is 19.9 Å². The van der Waals surface area contributed by atoms with Gasteiger partial charge in [-0.1, -0.05) is 27.7 Å². The van der Waals surface area contributed by atoms with Gasteiger partial charge in [-0.05, 0) is 12.3 Å². The first-order chi connectivity index (χ1) is 11.7. The summed E-state index contributed by atoms with van der Waals surface area (Å²) in [4.78, 5) is 12.7. The SMILES string of the molecule is COc1cc[n+](O)c(C(=O)NC2CC(C)(C)C3=C(O3)[C@H](C)[C@H]2C)c1O. The summed E-state index contributed by atoms with van der Waals surface area (Å²) in [6, 6.07) is 1.25. The molecule has 2 heterocycles. The van der Waals surface area contributed by atoms with Gasteiger partial charge in [-0.3, -0.25) is 10.0 Å². The second kappa shape index (κ2) is 5.82. The van der Waals surface area contributed by atoms with E-state index in [2.05, 4.69) is 33.0 Å². The standard InChI is InChI=1S/C18H24N2O5/c1-9-10(2)15-16(25-15)18(3,4)8-11(9)19-17(22)13-14(21)12(24-5)6-7-20(13)23/h6-7,9-11H,8H2,1-5H3,(H2-,19,21,22,23)/p+1/t9-,10-,11?/m1/s1. The second-order valence-corrected chi connectivity index (χ2v) is 7.54. The molecule has 3 N–H and O–H groups in total. The van der Waals surface area contributed by atoms with Gasteiger partial charge in [0.2, 0.25) is 11.9 Å². The van der Waals surface area contributed by atoms with E-state index in [1.54, 1.807) is 0 Å². The Hall–Kier alpha value is -2.44. The molecule has 7 heteroatoms. The number of carbonyl (C=O) groups excluding carboxylic acids is 1. The Balaban J connectivity index is 1.86. The van der Waals surface area contributed by atoms with Crippen LogP contribution in [-0.2, 0) is 4.74 Å². The van der Waals surface area contributed by atoms with Gasteiger partial charge >= 0.3 is 11.6 Å². The summed E-state index contributed by atoms with van der Waals surface area (Å²) in [5.74, 6) is 1.57. The number of nitrogens with one attached hydrogen (secondary N) is 1. The number of pyridine rings is 1. The number of nitrogens with zero attached hydrogens (tertiary/aromatic N) is 1. The molecule has 0 fully saturated rings. The van der Waals surface area contributed by atoms with Gasteiger partial charge in [0.25, 0.3) is 0 Å². The highest BCUT2D eigenvalue weighted by Crippen LogP contribution is 2.53. The molecule has 3 atom stereocenters. The summed E-state index contributed by atoms with van der Waals surface area (Å²) in [7, 11) is 1.39. The number of hydrogen-bond donors (Lipinski definition) is 3. The highest BCUT2D eigenvalue weighted by atomic mass is 16.6. The van der Waals surface area contributed by atoms with Crippen LogP contribution >= 0.6 is 0 Å². The fraction of sp³-hybridized carbons (Fsp3) is 0.556. The molecule has 2 aliphatic rings. The molecule has 1 aromatic rings. The zero-order valence-electron chi connectivity index (χ0n) is 15.2. The molecular weight excluding hydrogens is 324 g/mol. The Morgan fingerprint density at radius 3 is 2.76 bits per heavy atom. The molecule has 1 aromatic heterocycles. The third-order valence-electron chi connectivity index (χ3n) is 5.38. The fourth-order valence-corrected chi connectivity index (χ4v) is 3.58. The average Bonchev–Trinajstić information content (AvgIpc) is 3.34. The Morgan fingerprint density at radius 2 is 2.12 bits per heavy atom. The number of ether oxygens (including phenoxy) is 2. The predicted octanol–water partition coefficient (Wildman–Crippen LogP) is 1.97. The van der Waals surface area contributed by atoms with Gasteiger partial charge in [0.15, 0.2) is 5.75 Å². The van der Waals surface area contributed by atoms with Crippen LogP contribution in [0.5, 0.6) is 11.5 Å². The normalized spacial score (nSPS) is 27.0. The molecule has 0 saturated heterocycles. The maximum atomic E-state index is 12.7. The van der Waals surface area contributed by atoms with Crippen LogP contribution in [0, 0.1) is 17.3 Å². The van der Waals surface area contributed by atoms with Crippen molar-refractivity contribution in [1.82, 2.24) is 5.32 Å². The van der Waals surface area contributed by atoms with Crippen molar-refractivity contribution in [2.75, 3.05) is 7.11 Å². The maximum absolute atomic E-state index is 12.7. The Morgan fingerprint density at radius 1 is 1.44 bits per heavy atom. The summed E-state index contributed by atoms with van der Waals surface area (Å²) in [5, 5.41) is 23.1. The third kappa shape index (κ3) is 2.88. The summed E-state index contributed by atoms with van der Waals surface area (Å²) in [5.41, 5.74) is -0.416. The first-order valence-corrected chi connectivity index (χ1v) is 8.41. The molecule has 1 aliphatic carbocycles. The third-order valence-corrected chi connectivity index (χ3v) is 5.38. The van der Waals surface area contributed by atoms with Gasteiger partial charge in [-0.25, -0.2) is 0 Å². The van der Waals surface area contributed by atoms with Crippen LogP contribution in [0.2, 0.25) is 0 Å². The minimum absolute atomic E-state index is 0.124. The summed E-state index contributed by atoms with van der Waals surface area (Å²) in [6.45, 7) is 8.34. The monoisotopic (exact) mass is 349 g/mol. The molecule has 1 aliphatic heterocycles. The molecule has 3 rings (SSSR count). The number of aromatic hydroxyl groups is 1. The highest BCUT2D eigenvalue weighted by molar-refractivity contribution is 5.94. The van der Waals surface area contributed by atoms with Crippen LogP contribution in [0.3, 0.4) is 0 Å². The second-order valence-electron chi connectivity index (χ2n) is 7.54. The molecular formula is C18H25N2O5+. The van der Waals surface area contributed by atoms with Crippen molar-refractivity contribution in [3.63, 3.8) is 0 Å². The molecule has 136 valence electrons.